The Morgan fingerprint density at radius 2 is 1.89 bits per heavy atom. The zero-order chi connectivity index (χ0) is 19.4. The highest BCUT2D eigenvalue weighted by Gasteiger charge is 2.34. The molecule has 1 fully saturated rings. The molecular formula is C21H36IN3O2S. The smallest absolute Gasteiger partial charge is 0.191 e. The predicted octanol–water partition coefficient (Wildman–Crippen LogP) is 4.06. The number of rotatable bonds is 10. The Morgan fingerprint density at radius 3 is 2.50 bits per heavy atom. The van der Waals surface area contributed by atoms with Gasteiger partial charge in [0.25, 0.3) is 0 Å². The van der Waals surface area contributed by atoms with E-state index in [0.717, 1.165) is 57.4 Å². The molecule has 0 aliphatic carbocycles. The summed E-state index contributed by atoms with van der Waals surface area (Å²) in [5.74, 6) is 3.03. The minimum atomic E-state index is 0. The van der Waals surface area contributed by atoms with E-state index < -0.39 is 0 Å². The van der Waals surface area contributed by atoms with Gasteiger partial charge in [0, 0.05) is 31.7 Å². The molecule has 0 bridgehead atoms. The Balaban J connectivity index is 0.00000392. The van der Waals surface area contributed by atoms with Crippen LogP contribution in [-0.4, -0.2) is 57.9 Å². The fourth-order valence-electron chi connectivity index (χ4n) is 3.40. The molecule has 0 unspecified atom stereocenters. The molecule has 1 heterocycles. The predicted molar refractivity (Wildman–Crippen MR) is 132 cm³/mol. The van der Waals surface area contributed by atoms with E-state index >= 15 is 0 Å². The van der Waals surface area contributed by atoms with Crippen molar-refractivity contribution in [3.63, 3.8) is 0 Å². The molecule has 0 saturated carbocycles. The summed E-state index contributed by atoms with van der Waals surface area (Å²) in [5, 5.41) is 6.87. The average Bonchev–Trinajstić information content (AvgIpc) is 2.72. The van der Waals surface area contributed by atoms with E-state index in [2.05, 4.69) is 35.9 Å². The average molecular weight is 522 g/mol. The van der Waals surface area contributed by atoms with Gasteiger partial charge in [-0.1, -0.05) is 12.1 Å². The first-order chi connectivity index (χ1) is 13.2. The fraction of sp³-hybridized carbons (Fsp3) is 0.667. The molecule has 1 aromatic carbocycles. The second-order valence-electron chi connectivity index (χ2n) is 6.94. The van der Waals surface area contributed by atoms with Crippen LogP contribution < -0.4 is 15.4 Å². The minimum Gasteiger partial charge on any atom is -0.497 e. The first-order valence-electron chi connectivity index (χ1n) is 9.97. The number of halogens is 1. The fourth-order valence-corrected chi connectivity index (χ4v) is 3.89. The van der Waals surface area contributed by atoms with Gasteiger partial charge in [0.2, 0.25) is 0 Å². The minimum absolute atomic E-state index is 0. The molecule has 1 aromatic rings. The number of benzene rings is 1. The number of hydrogen-bond donors (Lipinski definition) is 2. The number of aliphatic imine (C=N–C) groups is 1. The van der Waals surface area contributed by atoms with Crippen molar-refractivity contribution in [3.8, 4) is 5.75 Å². The Morgan fingerprint density at radius 1 is 1.18 bits per heavy atom. The van der Waals surface area contributed by atoms with Crippen LogP contribution in [0.1, 0.15) is 38.2 Å². The normalized spacial score (nSPS) is 16.2. The summed E-state index contributed by atoms with van der Waals surface area (Å²) in [6.07, 6.45) is 6.56. The number of ether oxygens (including phenoxy) is 2. The van der Waals surface area contributed by atoms with Crippen LogP contribution in [0.2, 0.25) is 0 Å². The van der Waals surface area contributed by atoms with E-state index in [4.69, 9.17) is 14.5 Å². The van der Waals surface area contributed by atoms with Crippen LogP contribution in [0.3, 0.4) is 0 Å². The molecule has 0 amide bonds. The molecule has 0 aromatic heterocycles. The van der Waals surface area contributed by atoms with Gasteiger partial charge < -0.3 is 20.1 Å². The summed E-state index contributed by atoms with van der Waals surface area (Å²) >= 11 is 1.90. The lowest BCUT2D eigenvalue weighted by atomic mass is 9.74. The van der Waals surface area contributed by atoms with Crippen molar-refractivity contribution in [2.75, 3.05) is 52.0 Å². The van der Waals surface area contributed by atoms with Crippen molar-refractivity contribution in [2.45, 2.75) is 38.0 Å². The van der Waals surface area contributed by atoms with E-state index in [1.165, 1.54) is 24.2 Å². The molecule has 0 atom stereocenters. The van der Waals surface area contributed by atoms with Crippen molar-refractivity contribution in [1.29, 1.82) is 0 Å². The van der Waals surface area contributed by atoms with Gasteiger partial charge in [0.1, 0.15) is 5.75 Å². The maximum atomic E-state index is 5.64. The van der Waals surface area contributed by atoms with Gasteiger partial charge in [-0.05, 0) is 62.3 Å². The summed E-state index contributed by atoms with van der Waals surface area (Å²) in [5.41, 5.74) is 1.36. The Hall–Kier alpha value is -0.670. The van der Waals surface area contributed by atoms with Crippen molar-refractivity contribution >= 4 is 41.7 Å². The molecule has 2 rings (SSSR count). The van der Waals surface area contributed by atoms with Crippen LogP contribution in [0, 0.1) is 0 Å². The molecule has 7 heteroatoms. The van der Waals surface area contributed by atoms with E-state index in [1.54, 1.807) is 7.11 Å². The summed E-state index contributed by atoms with van der Waals surface area (Å²) in [6, 6.07) is 8.46. The Kier molecular flexibility index (Phi) is 13.0. The maximum Gasteiger partial charge on any atom is 0.191 e. The topological polar surface area (TPSA) is 54.9 Å². The highest BCUT2D eigenvalue weighted by atomic mass is 127. The van der Waals surface area contributed by atoms with Gasteiger partial charge in [-0.25, -0.2) is 0 Å². The summed E-state index contributed by atoms with van der Waals surface area (Å²) < 4.78 is 11.0. The molecular weight excluding hydrogens is 485 g/mol. The van der Waals surface area contributed by atoms with E-state index in [1.807, 2.05) is 23.9 Å². The zero-order valence-electron chi connectivity index (χ0n) is 17.5. The van der Waals surface area contributed by atoms with E-state index in [0.29, 0.717) is 0 Å². The number of nitrogens with zero attached hydrogens (tertiary/aromatic N) is 1. The number of guanidine groups is 1. The largest absolute Gasteiger partial charge is 0.497 e. The first-order valence-corrected chi connectivity index (χ1v) is 11.4. The van der Waals surface area contributed by atoms with E-state index in [-0.39, 0.29) is 29.4 Å². The zero-order valence-corrected chi connectivity index (χ0v) is 20.6. The second-order valence-corrected chi connectivity index (χ2v) is 7.93. The van der Waals surface area contributed by atoms with Crippen molar-refractivity contribution in [2.24, 2.45) is 4.99 Å². The molecule has 0 spiro atoms. The van der Waals surface area contributed by atoms with Crippen LogP contribution in [0.5, 0.6) is 5.75 Å². The van der Waals surface area contributed by atoms with Crippen LogP contribution in [0.4, 0.5) is 0 Å². The molecule has 160 valence electrons. The first kappa shape index (κ1) is 25.4. The molecule has 0 radical (unpaired) electrons. The summed E-state index contributed by atoms with van der Waals surface area (Å²) in [7, 11) is 1.71. The monoisotopic (exact) mass is 521 g/mol. The van der Waals surface area contributed by atoms with Gasteiger partial charge in [-0.2, -0.15) is 11.8 Å². The quantitative estimate of drug-likeness (QED) is 0.211. The molecule has 1 saturated heterocycles. The highest BCUT2D eigenvalue weighted by molar-refractivity contribution is 14.0. The van der Waals surface area contributed by atoms with Crippen LogP contribution in [0.25, 0.3) is 0 Å². The van der Waals surface area contributed by atoms with Crippen LogP contribution in [0.15, 0.2) is 29.3 Å². The third-order valence-electron chi connectivity index (χ3n) is 5.10. The lowest BCUT2D eigenvalue weighted by Crippen LogP contribution is -2.41. The number of nitrogens with one attached hydrogen (secondary N) is 2. The molecule has 28 heavy (non-hydrogen) atoms. The Labute approximate surface area is 191 Å². The number of hydrogen-bond acceptors (Lipinski definition) is 4. The van der Waals surface area contributed by atoms with Gasteiger partial charge in [0.05, 0.1) is 13.7 Å². The van der Waals surface area contributed by atoms with Gasteiger partial charge in [-0.15, -0.1) is 24.0 Å². The molecule has 1 aliphatic heterocycles. The van der Waals surface area contributed by atoms with Crippen molar-refractivity contribution in [1.82, 2.24) is 10.6 Å². The maximum absolute atomic E-state index is 5.64. The van der Waals surface area contributed by atoms with Gasteiger partial charge >= 0.3 is 0 Å². The number of thioether (sulfide) groups is 1. The third-order valence-corrected chi connectivity index (χ3v) is 5.80. The highest BCUT2D eigenvalue weighted by Crippen LogP contribution is 2.36. The van der Waals surface area contributed by atoms with Gasteiger partial charge in [-0.3, -0.25) is 4.99 Å². The Bertz CT molecular complexity index is 563. The van der Waals surface area contributed by atoms with Gasteiger partial charge in [0.15, 0.2) is 5.96 Å². The van der Waals surface area contributed by atoms with Crippen molar-refractivity contribution in [3.05, 3.63) is 29.8 Å². The second kappa shape index (κ2) is 14.3. The van der Waals surface area contributed by atoms with Crippen LogP contribution in [-0.2, 0) is 10.2 Å². The SMILES string of the molecule is CCNC(=NCC1(c2ccc(OC)cc2)CCOCC1)NCCCCSC.I. The number of methoxy groups -OCH3 is 1. The number of unbranched alkanes of at least 4 members (excludes halogenated alkanes) is 1. The third kappa shape index (κ3) is 7.99. The summed E-state index contributed by atoms with van der Waals surface area (Å²) in [4.78, 5) is 4.95. The molecule has 2 N–H and O–H groups in total. The lowest BCUT2D eigenvalue weighted by Gasteiger charge is -2.36. The molecule has 5 nitrogen and oxygen atoms in total. The summed E-state index contributed by atoms with van der Waals surface area (Å²) in [6.45, 7) is 6.29. The van der Waals surface area contributed by atoms with Crippen molar-refractivity contribution < 1.29 is 9.47 Å². The van der Waals surface area contributed by atoms with E-state index in [9.17, 15) is 0 Å². The standard InChI is InChI=1S/C21H35N3O2S.HI/c1-4-22-20(23-13-5-6-16-27-3)24-17-21(11-14-26-15-12-21)18-7-9-19(25-2)10-8-18;/h7-10H,4-6,11-17H2,1-3H3,(H2,22,23,24);1H. The van der Waals surface area contributed by atoms with Crippen LogP contribution >= 0.6 is 35.7 Å². The molecule has 1 aliphatic rings. The lowest BCUT2D eigenvalue weighted by molar-refractivity contribution is 0.0531.